The first-order valence-corrected chi connectivity index (χ1v) is 15.2. The Labute approximate surface area is 239 Å². The number of amides is 2. The number of rotatable bonds is 12. The number of carbonyl (C=O) groups is 2. The summed E-state index contributed by atoms with van der Waals surface area (Å²) in [5, 5.41) is 3.00. The summed E-state index contributed by atoms with van der Waals surface area (Å²) in [5.41, 5.74) is 3.97. The molecule has 0 aliphatic heterocycles. The second-order valence-corrected chi connectivity index (χ2v) is 12.2. The SMILES string of the molecule is CC[C@H](C(=O)N[C@@H](C)CC)N(Cc1ccc(C)cc1)C(=O)CN(c1cc(C)ccc1C)S(=O)(=O)c1ccccc1. The molecule has 0 aliphatic rings. The van der Waals surface area contributed by atoms with E-state index >= 15 is 0 Å². The van der Waals surface area contributed by atoms with Crippen molar-refractivity contribution in [2.75, 3.05) is 10.8 Å². The normalized spacial score (nSPS) is 12.8. The van der Waals surface area contributed by atoms with Crippen LogP contribution in [0.25, 0.3) is 0 Å². The van der Waals surface area contributed by atoms with Gasteiger partial charge in [0.15, 0.2) is 0 Å². The fourth-order valence-corrected chi connectivity index (χ4v) is 5.96. The number of nitrogens with zero attached hydrogens (tertiary/aromatic N) is 2. The van der Waals surface area contributed by atoms with Gasteiger partial charge in [-0.15, -0.1) is 0 Å². The minimum Gasteiger partial charge on any atom is -0.352 e. The van der Waals surface area contributed by atoms with Crippen LogP contribution in [-0.4, -0.2) is 43.8 Å². The largest absolute Gasteiger partial charge is 0.352 e. The lowest BCUT2D eigenvalue weighted by molar-refractivity contribution is -0.140. The predicted molar refractivity (Wildman–Crippen MR) is 161 cm³/mol. The Kier molecular flexibility index (Phi) is 10.5. The van der Waals surface area contributed by atoms with Crippen molar-refractivity contribution in [2.24, 2.45) is 0 Å². The Balaban J connectivity index is 2.08. The highest BCUT2D eigenvalue weighted by Crippen LogP contribution is 2.28. The molecular formula is C32H41N3O4S. The number of sulfonamides is 1. The van der Waals surface area contributed by atoms with E-state index in [0.29, 0.717) is 12.1 Å². The highest BCUT2D eigenvalue weighted by Gasteiger charge is 2.34. The maximum atomic E-state index is 14.2. The summed E-state index contributed by atoms with van der Waals surface area (Å²) in [6.45, 7) is 11.2. The fraction of sp³-hybridized carbons (Fsp3) is 0.375. The Bertz CT molecular complexity index is 1410. The topological polar surface area (TPSA) is 86.8 Å². The number of hydrogen-bond donors (Lipinski definition) is 1. The quantitative estimate of drug-likeness (QED) is 0.314. The molecule has 7 nitrogen and oxygen atoms in total. The summed E-state index contributed by atoms with van der Waals surface area (Å²) in [5.74, 6) is -0.700. The molecule has 0 aliphatic carbocycles. The molecule has 0 saturated carbocycles. The lowest BCUT2D eigenvalue weighted by Gasteiger charge is -2.34. The third-order valence-electron chi connectivity index (χ3n) is 7.10. The maximum Gasteiger partial charge on any atom is 0.264 e. The minimum absolute atomic E-state index is 0.0530. The van der Waals surface area contributed by atoms with Gasteiger partial charge in [0.25, 0.3) is 10.0 Å². The first kappa shape index (κ1) is 30.9. The van der Waals surface area contributed by atoms with Crippen molar-refractivity contribution in [2.45, 2.75) is 77.9 Å². The van der Waals surface area contributed by atoms with Crippen molar-refractivity contribution in [3.63, 3.8) is 0 Å². The summed E-state index contributed by atoms with van der Waals surface area (Å²) in [4.78, 5) is 29.2. The lowest BCUT2D eigenvalue weighted by Crippen LogP contribution is -2.53. The molecule has 8 heteroatoms. The van der Waals surface area contributed by atoms with E-state index in [9.17, 15) is 18.0 Å². The summed E-state index contributed by atoms with van der Waals surface area (Å²) in [6, 6.07) is 20.6. The van der Waals surface area contributed by atoms with Crippen molar-refractivity contribution in [1.82, 2.24) is 10.2 Å². The van der Waals surface area contributed by atoms with E-state index in [0.717, 1.165) is 28.7 Å². The first-order chi connectivity index (χ1) is 19.0. The molecule has 1 N–H and O–H groups in total. The van der Waals surface area contributed by atoms with Crippen LogP contribution in [0, 0.1) is 20.8 Å². The zero-order valence-electron chi connectivity index (χ0n) is 24.3. The van der Waals surface area contributed by atoms with Gasteiger partial charge in [-0.3, -0.25) is 13.9 Å². The number of hydrogen-bond acceptors (Lipinski definition) is 4. The van der Waals surface area contributed by atoms with E-state index in [1.165, 1.54) is 21.3 Å². The van der Waals surface area contributed by atoms with Gasteiger partial charge in [0.1, 0.15) is 12.6 Å². The van der Waals surface area contributed by atoms with E-state index in [4.69, 9.17) is 0 Å². The zero-order chi connectivity index (χ0) is 29.4. The third-order valence-corrected chi connectivity index (χ3v) is 8.88. The van der Waals surface area contributed by atoms with Gasteiger partial charge in [-0.05, 0) is 75.4 Å². The van der Waals surface area contributed by atoms with Crippen LogP contribution in [0.2, 0.25) is 0 Å². The van der Waals surface area contributed by atoms with Gasteiger partial charge in [0.2, 0.25) is 11.8 Å². The molecule has 40 heavy (non-hydrogen) atoms. The van der Waals surface area contributed by atoms with Crippen LogP contribution < -0.4 is 9.62 Å². The van der Waals surface area contributed by atoms with Gasteiger partial charge in [-0.1, -0.05) is 74.0 Å². The Morgan fingerprint density at radius 3 is 2.08 bits per heavy atom. The molecule has 0 unspecified atom stereocenters. The molecule has 0 bridgehead atoms. The van der Waals surface area contributed by atoms with Crippen LogP contribution in [-0.2, 0) is 26.2 Å². The van der Waals surface area contributed by atoms with Crippen LogP contribution in [0.3, 0.4) is 0 Å². The molecule has 0 spiro atoms. The Morgan fingerprint density at radius 2 is 1.48 bits per heavy atom. The van der Waals surface area contributed by atoms with Crippen molar-refractivity contribution in [3.8, 4) is 0 Å². The summed E-state index contributed by atoms with van der Waals surface area (Å²) >= 11 is 0. The number of nitrogens with one attached hydrogen (secondary N) is 1. The van der Waals surface area contributed by atoms with Crippen molar-refractivity contribution in [1.29, 1.82) is 0 Å². The molecule has 3 aromatic rings. The van der Waals surface area contributed by atoms with Crippen molar-refractivity contribution >= 4 is 27.5 Å². The molecule has 214 valence electrons. The lowest BCUT2D eigenvalue weighted by atomic mass is 10.1. The van der Waals surface area contributed by atoms with Crippen molar-refractivity contribution < 1.29 is 18.0 Å². The minimum atomic E-state index is -4.09. The number of anilines is 1. The van der Waals surface area contributed by atoms with Gasteiger partial charge in [-0.2, -0.15) is 0 Å². The van der Waals surface area contributed by atoms with E-state index in [1.807, 2.05) is 77.9 Å². The van der Waals surface area contributed by atoms with Gasteiger partial charge >= 0.3 is 0 Å². The molecule has 0 heterocycles. The maximum absolute atomic E-state index is 14.2. The fourth-order valence-electron chi connectivity index (χ4n) is 4.47. The number of aryl methyl sites for hydroxylation is 3. The van der Waals surface area contributed by atoms with Crippen LogP contribution in [0.15, 0.2) is 77.7 Å². The highest BCUT2D eigenvalue weighted by atomic mass is 32.2. The first-order valence-electron chi connectivity index (χ1n) is 13.8. The third kappa shape index (κ3) is 7.50. The molecule has 3 aromatic carbocycles. The van der Waals surface area contributed by atoms with E-state index in [-0.39, 0.29) is 23.4 Å². The zero-order valence-corrected chi connectivity index (χ0v) is 25.2. The standard InChI is InChI=1S/C32H41N3O4S/c1-7-26(6)33-32(37)29(8-2)34(21-27-18-15-23(3)16-19-27)31(36)22-35(30-20-24(4)14-17-25(30)5)40(38,39)28-12-10-9-11-13-28/h9-20,26,29H,7-8,21-22H2,1-6H3,(H,33,37)/t26-,29+/m0/s1. The van der Waals surface area contributed by atoms with Crippen molar-refractivity contribution in [3.05, 3.63) is 95.1 Å². The predicted octanol–water partition coefficient (Wildman–Crippen LogP) is 5.53. The molecular weight excluding hydrogens is 522 g/mol. The average Bonchev–Trinajstić information content (AvgIpc) is 2.94. The molecule has 0 aromatic heterocycles. The van der Waals surface area contributed by atoms with Crippen LogP contribution in [0.4, 0.5) is 5.69 Å². The van der Waals surface area contributed by atoms with E-state index in [1.54, 1.807) is 24.3 Å². The number of carbonyl (C=O) groups excluding carboxylic acids is 2. The Hall–Kier alpha value is -3.65. The summed E-state index contributed by atoms with van der Waals surface area (Å²) < 4.78 is 29.1. The smallest absolute Gasteiger partial charge is 0.264 e. The summed E-state index contributed by atoms with van der Waals surface area (Å²) in [7, 11) is -4.09. The Morgan fingerprint density at radius 1 is 0.850 bits per heavy atom. The van der Waals surface area contributed by atoms with Gasteiger partial charge in [0.05, 0.1) is 10.6 Å². The molecule has 3 rings (SSSR count). The summed E-state index contributed by atoms with van der Waals surface area (Å²) in [6.07, 6.45) is 1.14. The molecule has 0 fully saturated rings. The van der Waals surface area contributed by atoms with Crippen LogP contribution >= 0.6 is 0 Å². The molecule has 2 atom stereocenters. The van der Waals surface area contributed by atoms with Gasteiger partial charge < -0.3 is 10.2 Å². The second kappa shape index (κ2) is 13.6. The molecule has 0 saturated heterocycles. The molecule has 2 amide bonds. The monoisotopic (exact) mass is 563 g/mol. The van der Waals surface area contributed by atoms with Gasteiger partial charge in [0, 0.05) is 12.6 Å². The second-order valence-electron chi connectivity index (χ2n) is 10.4. The highest BCUT2D eigenvalue weighted by molar-refractivity contribution is 7.92. The van der Waals surface area contributed by atoms with Crippen LogP contribution in [0.5, 0.6) is 0 Å². The van der Waals surface area contributed by atoms with E-state index < -0.39 is 28.5 Å². The van der Waals surface area contributed by atoms with Crippen LogP contribution in [0.1, 0.15) is 55.9 Å². The number of benzene rings is 3. The molecule has 0 radical (unpaired) electrons. The van der Waals surface area contributed by atoms with E-state index in [2.05, 4.69) is 5.32 Å². The average molecular weight is 564 g/mol. The van der Waals surface area contributed by atoms with Gasteiger partial charge in [-0.25, -0.2) is 8.42 Å².